The largest absolute Gasteiger partial charge is 0.481 e. The number of hydrogen-bond donors (Lipinski definition) is 1. The zero-order valence-corrected chi connectivity index (χ0v) is 9.29. The van der Waals surface area contributed by atoms with Crippen molar-refractivity contribution in [3.63, 3.8) is 0 Å². The highest BCUT2D eigenvalue weighted by atomic mass is 16.4. The summed E-state index contributed by atoms with van der Waals surface area (Å²) in [6.45, 7) is 6.52. The van der Waals surface area contributed by atoms with Crippen LogP contribution in [0.5, 0.6) is 0 Å². The molecule has 1 rings (SSSR count). The second-order valence-electron chi connectivity index (χ2n) is 4.72. The lowest BCUT2D eigenvalue weighted by molar-refractivity contribution is -0.136. The molecule has 2 nitrogen and oxygen atoms in total. The zero-order chi connectivity index (χ0) is 10.7. The molecule has 0 aromatic heterocycles. The maximum absolute atomic E-state index is 10.7. The minimum absolute atomic E-state index is 0.229. The summed E-state index contributed by atoms with van der Waals surface area (Å²) in [5, 5.41) is 8.81. The number of carboxylic acid groups (broad SMARTS) is 1. The normalized spacial score (nSPS) is 27.6. The first kappa shape index (κ1) is 11.3. The van der Waals surface area contributed by atoms with Crippen LogP contribution in [0.3, 0.4) is 0 Å². The topological polar surface area (TPSA) is 37.3 Å². The van der Waals surface area contributed by atoms with Crippen molar-refractivity contribution in [3.05, 3.63) is 11.6 Å². The number of aliphatic carboxylic acids is 1. The first-order valence-electron chi connectivity index (χ1n) is 5.43. The summed E-state index contributed by atoms with van der Waals surface area (Å²) < 4.78 is 0. The van der Waals surface area contributed by atoms with Crippen molar-refractivity contribution in [1.82, 2.24) is 0 Å². The van der Waals surface area contributed by atoms with E-state index < -0.39 is 5.97 Å². The molecular weight excluding hydrogens is 176 g/mol. The first-order valence-corrected chi connectivity index (χ1v) is 5.43. The maximum Gasteiger partial charge on any atom is 0.307 e. The quantitative estimate of drug-likeness (QED) is 0.704. The molecule has 0 heterocycles. The molecule has 0 aliphatic heterocycles. The SMILES string of the molecule is CC(C)[C@@H]1CC[C@@H](C)C=C1CC(=O)O. The van der Waals surface area contributed by atoms with Gasteiger partial charge in [0.1, 0.15) is 0 Å². The van der Waals surface area contributed by atoms with E-state index in [2.05, 4.69) is 26.8 Å². The number of carboxylic acids is 1. The molecule has 0 aromatic carbocycles. The molecule has 0 unspecified atom stereocenters. The highest BCUT2D eigenvalue weighted by Gasteiger charge is 2.24. The molecule has 0 amide bonds. The lowest BCUT2D eigenvalue weighted by Crippen LogP contribution is -2.19. The van der Waals surface area contributed by atoms with Crippen LogP contribution in [-0.4, -0.2) is 11.1 Å². The lowest BCUT2D eigenvalue weighted by Gasteiger charge is -2.29. The highest BCUT2D eigenvalue weighted by Crippen LogP contribution is 2.34. The Morgan fingerprint density at radius 1 is 1.57 bits per heavy atom. The van der Waals surface area contributed by atoms with Crippen LogP contribution in [0.25, 0.3) is 0 Å². The molecule has 80 valence electrons. The van der Waals surface area contributed by atoms with Gasteiger partial charge in [0.15, 0.2) is 0 Å². The van der Waals surface area contributed by atoms with Gasteiger partial charge >= 0.3 is 5.97 Å². The molecule has 2 atom stereocenters. The van der Waals surface area contributed by atoms with E-state index in [4.69, 9.17) is 5.11 Å². The van der Waals surface area contributed by atoms with Gasteiger partial charge in [-0.3, -0.25) is 4.79 Å². The molecule has 0 fully saturated rings. The van der Waals surface area contributed by atoms with Crippen molar-refractivity contribution >= 4 is 5.97 Å². The van der Waals surface area contributed by atoms with Gasteiger partial charge < -0.3 is 5.11 Å². The van der Waals surface area contributed by atoms with E-state index in [0.29, 0.717) is 17.8 Å². The van der Waals surface area contributed by atoms with Crippen molar-refractivity contribution in [2.24, 2.45) is 17.8 Å². The van der Waals surface area contributed by atoms with E-state index in [-0.39, 0.29) is 6.42 Å². The second kappa shape index (κ2) is 4.63. The molecular formula is C12H20O2. The van der Waals surface area contributed by atoms with Crippen LogP contribution in [-0.2, 0) is 4.79 Å². The predicted octanol–water partition coefficient (Wildman–Crippen LogP) is 3.09. The minimum atomic E-state index is -0.698. The van der Waals surface area contributed by atoms with Crippen LogP contribution in [0.2, 0.25) is 0 Å². The van der Waals surface area contributed by atoms with Gasteiger partial charge in [0, 0.05) is 0 Å². The van der Waals surface area contributed by atoms with Crippen LogP contribution >= 0.6 is 0 Å². The number of rotatable bonds is 3. The molecule has 1 N–H and O–H groups in total. The van der Waals surface area contributed by atoms with Crippen LogP contribution in [0.15, 0.2) is 11.6 Å². The summed E-state index contributed by atoms with van der Waals surface area (Å²) in [5.41, 5.74) is 1.14. The van der Waals surface area contributed by atoms with Gasteiger partial charge in [-0.05, 0) is 30.6 Å². The summed E-state index contributed by atoms with van der Waals surface area (Å²) in [6, 6.07) is 0. The van der Waals surface area contributed by atoms with Crippen LogP contribution < -0.4 is 0 Å². The van der Waals surface area contributed by atoms with Gasteiger partial charge in [0.25, 0.3) is 0 Å². The molecule has 1 aliphatic carbocycles. The molecule has 0 radical (unpaired) electrons. The summed E-state index contributed by atoms with van der Waals surface area (Å²) >= 11 is 0. The number of hydrogen-bond acceptors (Lipinski definition) is 1. The zero-order valence-electron chi connectivity index (χ0n) is 9.29. The van der Waals surface area contributed by atoms with Gasteiger partial charge in [0.2, 0.25) is 0 Å². The number of carbonyl (C=O) groups is 1. The molecule has 0 bridgehead atoms. The monoisotopic (exact) mass is 196 g/mol. The predicted molar refractivity (Wildman–Crippen MR) is 57.1 cm³/mol. The number of allylic oxidation sites excluding steroid dienone is 1. The average Bonchev–Trinajstić information content (AvgIpc) is 2.01. The Hall–Kier alpha value is -0.790. The van der Waals surface area contributed by atoms with Gasteiger partial charge in [0.05, 0.1) is 6.42 Å². The first-order chi connectivity index (χ1) is 6.50. The molecule has 0 aromatic rings. The third-order valence-electron chi connectivity index (χ3n) is 3.07. The minimum Gasteiger partial charge on any atom is -0.481 e. The van der Waals surface area contributed by atoms with Crippen molar-refractivity contribution < 1.29 is 9.90 Å². The third-order valence-corrected chi connectivity index (χ3v) is 3.07. The van der Waals surface area contributed by atoms with E-state index >= 15 is 0 Å². The molecule has 0 saturated heterocycles. The fraction of sp³-hybridized carbons (Fsp3) is 0.750. The van der Waals surface area contributed by atoms with Crippen molar-refractivity contribution in [1.29, 1.82) is 0 Å². The second-order valence-corrected chi connectivity index (χ2v) is 4.72. The Labute approximate surface area is 86.0 Å². The summed E-state index contributed by atoms with van der Waals surface area (Å²) in [6.07, 6.45) is 4.75. The fourth-order valence-corrected chi connectivity index (χ4v) is 2.33. The fourth-order valence-electron chi connectivity index (χ4n) is 2.33. The Morgan fingerprint density at radius 2 is 2.21 bits per heavy atom. The van der Waals surface area contributed by atoms with Crippen molar-refractivity contribution in [2.75, 3.05) is 0 Å². The van der Waals surface area contributed by atoms with Gasteiger partial charge in [-0.25, -0.2) is 0 Å². The molecule has 2 heteroatoms. The Bertz CT molecular complexity index is 241. The van der Waals surface area contributed by atoms with E-state index in [1.165, 1.54) is 6.42 Å². The standard InChI is InChI=1S/C12H20O2/c1-8(2)11-5-4-9(3)6-10(11)7-12(13)14/h6,8-9,11H,4-5,7H2,1-3H3,(H,13,14)/t9-,11+/m1/s1. The Morgan fingerprint density at radius 3 is 2.71 bits per heavy atom. The highest BCUT2D eigenvalue weighted by molar-refractivity contribution is 5.70. The van der Waals surface area contributed by atoms with Crippen molar-refractivity contribution in [2.45, 2.75) is 40.0 Å². The van der Waals surface area contributed by atoms with Gasteiger partial charge in [-0.15, -0.1) is 0 Å². The van der Waals surface area contributed by atoms with E-state index in [1.807, 2.05) is 0 Å². The summed E-state index contributed by atoms with van der Waals surface area (Å²) in [4.78, 5) is 10.7. The van der Waals surface area contributed by atoms with E-state index in [1.54, 1.807) is 0 Å². The van der Waals surface area contributed by atoms with E-state index in [0.717, 1.165) is 12.0 Å². The Kier molecular flexibility index (Phi) is 3.73. The van der Waals surface area contributed by atoms with E-state index in [9.17, 15) is 4.79 Å². The molecule has 0 spiro atoms. The summed E-state index contributed by atoms with van der Waals surface area (Å²) in [5.74, 6) is 0.908. The smallest absolute Gasteiger partial charge is 0.307 e. The van der Waals surface area contributed by atoms with Crippen LogP contribution in [0.1, 0.15) is 40.0 Å². The average molecular weight is 196 g/mol. The maximum atomic E-state index is 10.7. The Balaban J connectivity index is 2.76. The lowest BCUT2D eigenvalue weighted by atomic mass is 9.76. The molecule has 1 aliphatic rings. The van der Waals surface area contributed by atoms with Gasteiger partial charge in [-0.2, -0.15) is 0 Å². The van der Waals surface area contributed by atoms with Crippen LogP contribution in [0.4, 0.5) is 0 Å². The third kappa shape index (κ3) is 2.86. The van der Waals surface area contributed by atoms with Crippen LogP contribution in [0, 0.1) is 17.8 Å². The molecule has 14 heavy (non-hydrogen) atoms. The van der Waals surface area contributed by atoms with Crippen molar-refractivity contribution in [3.8, 4) is 0 Å². The van der Waals surface area contributed by atoms with Gasteiger partial charge in [-0.1, -0.05) is 32.4 Å². The summed E-state index contributed by atoms with van der Waals surface area (Å²) in [7, 11) is 0. The molecule has 0 saturated carbocycles.